The number of piperazine rings is 1. The van der Waals surface area contributed by atoms with Gasteiger partial charge in [0.05, 0.1) is 11.3 Å². The predicted octanol–water partition coefficient (Wildman–Crippen LogP) is 4.50. The third-order valence-electron chi connectivity index (χ3n) is 7.67. The van der Waals surface area contributed by atoms with E-state index in [2.05, 4.69) is 69.1 Å². The summed E-state index contributed by atoms with van der Waals surface area (Å²) in [7, 11) is 0. The van der Waals surface area contributed by atoms with E-state index in [1.54, 1.807) is 0 Å². The Bertz CT molecular complexity index is 1750. The number of nitrogens with zero attached hydrogens (tertiary/aromatic N) is 6. The number of rotatable bonds is 7. The second kappa shape index (κ2) is 11.0. The molecule has 41 heavy (non-hydrogen) atoms. The van der Waals surface area contributed by atoms with Crippen molar-refractivity contribution in [3.63, 3.8) is 0 Å². The van der Waals surface area contributed by atoms with Crippen LogP contribution in [0.1, 0.15) is 16.7 Å². The summed E-state index contributed by atoms with van der Waals surface area (Å²) < 4.78 is 13.1. The highest BCUT2D eigenvalue weighted by Crippen LogP contribution is 2.33. The van der Waals surface area contributed by atoms with Gasteiger partial charge in [-0.3, -0.25) is 9.69 Å². The molecule has 1 saturated heterocycles. The Morgan fingerprint density at radius 2 is 1.71 bits per heavy atom. The van der Waals surface area contributed by atoms with Gasteiger partial charge < -0.3 is 18.9 Å². The van der Waals surface area contributed by atoms with Crippen LogP contribution in [0.5, 0.6) is 11.5 Å². The smallest absolute Gasteiger partial charge is 0.233 e. The lowest BCUT2D eigenvalue weighted by atomic mass is 10.1. The molecular weight excluding hydrogens is 536 g/mol. The molecule has 5 aromatic rings. The highest BCUT2D eigenvalue weighted by molar-refractivity contribution is 7.99. The molecule has 2 aliphatic heterocycles. The molecule has 0 atom stereocenters. The van der Waals surface area contributed by atoms with Gasteiger partial charge in [0.1, 0.15) is 5.52 Å². The number of hydrogen-bond donors (Lipinski definition) is 0. The van der Waals surface area contributed by atoms with Crippen LogP contribution >= 0.6 is 11.8 Å². The first kappa shape index (κ1) is 25.8. The van der Waals surface area contributed by atoms with Gasteiger partial charge in [0.15, 0.2) is 17.1 Å². The molecule has 1 amide bonds. The number of carbonyl (C=O) groups excluding carboxylic acids is 1. The topological polar surface area (TPSA) is 85.6 Å². The van der Waals surface area contributed by atoms with Crippen LogP contribution in [0.2, 0.25) is 0 Å². The van der Waals surface area contributed by atoms with Crippen LogP contribution in [-0.2, 0) is 17.9 Å². The van der Waals surface area contributed by atoms with Crippen molar-refractivity contribution in [1.82, 2.24) is 29.5 Å². The molecule has 0 radical (unpaired) electrons. The Morgan fingerprint density at radius 3 is 2.59 bits per heavy atom. The van der Waals surface area contributed by atoms with Crippen molar-refractivity contribution < 1.29 is 14.3 Å². The van der Waals surface area contributed by atoms with Crippen molar-refractivity contribution in [2.45, 2.75) is 25.2 Å². The van der Waals surface area contributed by atoms with Gasteiger partial charge in [-0.15, -0.1) is 10.2 Å². The third kappa shape index (κ3) is 5.32. The molecule has 7 rings (SSSR count). The fourth-order valence-electron chi connectivity index (χ4n) is 5.57. The highest BCUT2D eigenvalue weighted by Gasteiger charge is 2.23. The van der Waals surface area contributed by atoms with Gasteiger partial charge in [-0.25, -0.2) is 4.98 Å². The molecule has 0 spiro atoms. The van der Waals surface area contributed by atoms with Gasteiger partial charge in [0.25, 0.3) is 0 Å². The van der Waals surface area contributed by atoms with E-state index in [9.17, 15) is 4.79 Å². The fourth-order valence-corrected chi connectivity index (χ4v) is 6.26. The number of carbonyl (C=O) groups is 1. The van der Waals surface area contributed by atoms with Crippen LogP contribution in [0.25, 0.3) is 22.1 Å². The second-order valence-corrected chi connectivity index (χ2v) is 11.4. The van der Waals surface area contributed by atoms with Crippen LogP contribution in [-0.4, -0.2) is 74.2 Å². The SMILES string of the molecule is Cc1cccc(Cn2c3ccccc3c3nnc(SCC(=O)N4CCN(Cc5ccc6c(c5)OCO6)CC4)nc32)c1. The van der Waals surface area contributed by atoms with E-state index in [1.807, 2.05) is 29.2 Å². The van der Waals surface area contributed by atoms with Crippen molar-refractivity contribution in [3.8, 4) is 11.5 Å². The van der Waals surface area contributed by atoms with E-state index in [1.165, 1.54) is 28.5 Å². The summed E-state index contributed by atoms with van der Waals surface area (Å²) in [4.78, 5) is 22.3. The first-order valence-electron chi connectivity index (χ1n) is 13.8. The second-order valence-electron chi connectivity index (χ2n) is 10.5. The zero-order valence-electron chi connectivity index (χ0n) is 22.8. The highest BCUT2D eigenvalue weighted by atomic mass is 32.2. The summed E-state index contributed by atoms with van der Waals surface area (Å²) in [6.45, 7) is 6.95. The van der Waals surface area contributed by atoms with Crippen molar-refractivity contribution in [3.05, 3.63) is 83.4 Å². The minimum absolute atomic E-state index is 0.0988. The van der Waals surface area contributed by atoms with Gasteiger partial charge in [0.2, 0.25) is 17.9 Å². The van der Waals surface area contributed by atoms with Gasteiger partial charge in [0, 0.05) is 44.7 Å². The molecule has 0 aliphatic carbocycles. The van der Waals surface area contributed by atoms with Crippen molar-refractivity contribution >= 4 is 39.7 Å². The minimum Gasteiger partial charge on any atom is -0.454 e. The Morgan fingerprint density at radius 1 is 0.878 bits per heavy atom. The molecule has 4 heterocycles. The zero-order chi connectivity index (χ0) is 27.8. The quantitative estimate of drug-likeness (QED) is 0.266. The molecule has 0 saturated carbocycles. The van der Waals surface area contributed by atoms with Gasteiger partial charge in [-0.1, -0.05) is 65.9 Å². The maximum Gasteiger partial charge on any atom is 0.233 e. The summed E-state index contributed by atoms with van der Waals surface area (Å²) in [6, 6.07) is 22.8. The van der Waals surface area contributed by atoms with E-state index in [0.29, 0.717) is 24.8 Å². The number of benzene rings is 3. The molecule has 2 aliphatic rings. The van der Waals surface area contributed by atoms with Gasteiger partial charge >= 0.3 is 0 Å². The Balaban J connectivity index is 1.01. The lowest BCUT2D eigenvalue weighted by Crippen LogP contribution is -2.48. The minimum atomic E-state index is 0.0988. The molecule has 9 nitrogen and oxygen atoms in total. The number of fused-ring (bicyclic) bond motifs is 4. The lowest BCUT2D eigenvalue weighted by molar-refractivity contribution is -0.130. The zero-order valence-corrected chi connectivity index (χ0v) is 23.6. The Hall–Kier alpha value is -4.15. The summed E-state index contributed by atoms with van der Waals surface area (Å²) in [5, 5.41) is 10.5. The number of amides is 1. The molecule has 10 heteroatoms. The average Bonchev–Trinajstić information content (AvgIpc) is 3.59. The molecule has 2 aromatic heterocycles. The van der Waals surface area contributed by atoms with E-state index < -0.39 is 0 Å². The molecule has 0 bridgehead atoms. The predicted molar refractivity (Wildman–Crippen MR) is 158 cm³/mol. The number of aryl methyl sites for hydroxylation is 1. The average molecular weight is 567 g/mol. The van der Waals surface area contributed by atoms with E-state index in [0.717, 1.165) is 53.2 Å². The monoisotopic (exact) mass is 566 g/mol. The molecule has 1 fully saturated rings. The van der Waals surface area contributed by atoms with Crippen LogP contribution in [0, 0.1) is 6.92 Å². The van der Waals surface area contributed by atoms with Gasteiger partial charge in [-0.05, 0) is 36.2 Å². The summed E-state index contributed by atoms with van der Waals surface area (Å²) >= 11 is 1.35. The molecule has 0 N–H and O–H groups in total. The summed E-state index contributed by atoms with van der Waals surface area (Å²) in [5.74, 6) is 1.99. The maximum atomic E-state index is 13.1. The van der Waals surface area contributed by atoms with E-state index in [-0.39, 0.29) is 18.5 Å². The van der Waals surface area contributed by atoms with Crippen molar-refractivity contribution in [2.75, 3.05) is 38.7 Å². The summed E-state index contributed by atoms with van der Waals surface area (Å²) in [6.07, 6.45) is 0. The standard InChI is InChI=1S/C31H30N6O3S/c1-21-5-4-6-22(15-21)18-37-25-8-3-2-7-24(25)29-30(37)32-31(34-33-29)41-19-28(38)36-13-11-35(12-14-36)17-23-9-10-26-27(16-23)40-20-39-26/h2-10,15-16H,11-14,17-20H2,1H3. The maximum absolute atomic E-state index is 13.1. The van der Waals surface area contributed by atoms with Crippen molar-refractivity contribution in [2.24, 2.45) is 0 Å². The lowest BCUT2D eigenvalue weighted by Gasteiger charge is -2.34. The van der Waals surface area contributed by atoms with Crippen LogP contribution < -0.4 is 9.47 Å². The van der Waals surface area contributed by atoms with Crippen LogP contribution in [0.15, 0.2) is 71.9 Å². The largest absolute Gasteiger partial charge is 0.454 e. The van der Waals surface area contributed by atoms with E-state index in [4.69, 9.17) is 14.5 Å². The number of thioether (sulfide) groups is 1. The Kier molecular flexibility index (Phi) is 6.93. The normalized spacial score (nSPS) is 15.2. The Labute approximate surface area is 242 Å². The van der Waals surface area contributed by atoms with Crippen LogP contribution in [0.3, 0.4) is 0 Å². The number of para-hydroxylation sites is 1. The number of aromatic nitrogens is 4. The van der Waals surface area contributed by atoms with Gasteiger partial charge in [-0.2, -0.15) is 0 Å². The number of ether oxygens (including phenoxy) is 2. The molecule has 208 valence electrons. The summed E-state index contributed by atoms with van der Waals surface area (Å²) in [5.41, 5.74) is 6.25. The third-order valence-corrected chi connectivity index (χ3v) is 8.49. The first-order chi connectivity index (χ1) is 20.1. The fraction of sp³-hybridized carbons (Fsp3) is 0.290. The molecule has 0 unspecified atom stereocenters. The first-order valence-corrected chi connectivity index (χ1v) is 14.8. The van der Waals surface area contributed by atoms with E-state index >= 15 is 0 Å². The van der Waals surface area contributed by atoms with Crippen molar-refractivity contribution in [1.29, 1.82) is 0 Å². The molecular formula is C31H30N6O3S. The van der Waals surface area contributed by atoms with Crippen LogP contribution in [0.4, 0.5) is 0 Å². The molecule has 3 aromatic carbocycles. The number of hydrogen-bond acceptors (Lipinski definition) is 8.